The molecular weight excluding hydrogens is 410 g/mol. The van der Waals surface area contributed by atoms with Crippen LogP contribution in [0.4, 0.5) is 5.82 Å². The molecule has 1 atom stereocenters. The van der Waals surface area contributed by atoms with Gasteiger partial charge in [-0.3, -0.25) is 10.1 Å². The molecule has 1 fully saturated rings. The first-order valence-corrected chi connectivity index (χ1v) is 11.6. The summed E-state index contributed by atoms with van der Waals surface area (Å²) in [6, 6.07) is 10.2. The monoisotopic (exact) mass is 441 g/mol. The van der Waals surface area contributed by atoms with Crippen LogP contribution in [0.1, 0.15) is 32.8 Å². The molecular formula is C23H31N5O2S. The molecule has 1 aromatic heterocycles. The predicted molar refractivity (Wildman–Crippen MR) is 126 cm³/mol. The lowest BCUT2D eigenvalue weighted by atomic mass is 9.86. The maximum absolute atomic E-state index is 6.08. The number of aromatic nitrogens is 3. The van der Waals surface area contributed by atoms with Crippen molar-refractivity contribution < 1.29 is 8.92 Å². The van der Waals surface area contributed by atoms with Crippen molar-refractivity contribution in [3.05, 3.63) is 48.3 Å². The summed E-state index contributed by atoms with van der Waals surface area (Å²) in [6.45, 7) is 10.6. The van der Waals surface area contributed by atoms with E-state index in [4.69, 9.17) is 14.0 Å². The van der Waals surface area contributed by atoms with E-state index in [1.54, 1.807) is 12.4 Å². The van der Waals surface area contributed by atoms with Crippen molar-refractivity contribution in [1.82, 2.24) is 19.9 Å². The molecule has 7 nitrogen and oxygen atoms in total. The van der Waals surface area contributed by atoms with Crippen LogP contribution in [0.15, 0.2) is 42.7 Å². The molecule has 0 saturated carbocycles. The van der Waals surface area contributed by atoms with Gasteiger partial charge in [0.05, 0.1) is 31.1 Å². The smallest absolute Gasteiger partial charge is 0.150 e. The van der Waals surface area contributed by atoms with Crippen LogP contribution in [0.5, 0.6) is 5.75 Å². The Balaban J connectivity index is 1.56. The van der Waals surface area contributed by atoms with Gasteiger partial charge in [-0.05, 0) is 18.6 Å². The van der Waals surface area contributed by atoms with Gasteiger partial charge in [-0.15, -0.1) is 0 Å². The van der Waals surface area contributed by atoms with E-state index < -0.39 is 0 Å². The number of H-pyrrole nitrogens is 1. The minimum Gasteiger partial charge on any atom is -0.492 e. The summed E-state index contributed by atoms with van der Waals surface area (Å²) in [5.74, 6) is 2.29. The lowest BCUT2D eigenvalue weighted by molar-refractivity contribution is 0.291. The largest absolute Gasteiger partial charge is 0.492 e. The summed E-state index contributed by atoms with van der Waals surface area (Å²) < 4.78 is 14.8. The minimum atomic E-state index is 0.00600. The van der Waals surface area contributed by atoms with E-state index in [1.807, 2.05) is 12.1 Å². The summed E-state index contributed by atoms with van der Waals surface area (Å²) in [5, 5.41) is 8.01. The number of benzene rings is 1. The van der Waals surface area contributed by atoms with Gasteiger partial charge in [0.25, 0.3) is 0 Å². The number of aromatic amines is 1. The zero-order chi connectivity index (χ0) is 21.7. The van der Waals surface area contributed by atoms with Gasteiger partial charge >= 0.3 is 0 Å². The number of hydrogen-bond donors (Lipinski definition) is 2. The fourth-order valence-electron chi connectivity index (χ4n) is 3.97. The first-order valence-electron chi connectivity index (χ1n) is 10.8. The molecule has 2 aliphatic rings. The minimum absolute atomic E-state index is 0.00600. The molecule has 2 aliphatic heterocycles. The molecule has 0 aliphatic carbocycles. The first kappa shape index (κ1) is 21.9. The maximum atomic E-state index is 6.08. The number of hydrogen-bond acceptors (Lipinski definition) is 7. The molecule has 1 saturated heterocycles. The van der Waals surface area contributed by atoms with E-state index >= 15 is 0 Å². The summed E-state index contributed by atoms with van der Waals surface area (Å²) in [5.41, 5.74) is 3.12. The topological polar surface area (TPSA) is 75.3 Å². The van der Waals surface area contributed by atoms with Gasteiger partial charge in [0.1, 0.15) is 11.6 Å². The fourth-order valence-corrected chi connectivity index (χ4v) is 4.43. The van der Waals surface area contributed by atoms with Gasteiger partial charge in [0.15, 0.2) is 0 Å². The lowest BCUT2D eigenvalue weighted by Gasteiger charge is -2.16. The molecule has 0 spiro atoms. The Labute approximate surface area is 188 Å². The van der Waals surface area contributed by atoms with Crippen molar-refractivity contribution in [3.63, 3.8) is 0 Å². The van der Waals surface area contributed by atoms with E-state index in [2.05, 4.69) is 58.7 Å². The van der Waals surface area contributed by atoms with Crippen LogP contribution in [-0.4, -0.2) is 48.0 Å². The van der Waals surface area contributed by atoms with Gasteiger partial charge in [0.2, 0.25) is 0 Å². The van der Waals surface area contributed by atoms with Gasteiger partial charge in [-0.25, -0.2) is 4.72 Å². The Morgan fingerprint density at radius 3 is 3.03 bits per heavy atom. The second-order valence-corrected chi connectivity index (χ2v) is 9.29. The molecule has 4 rings (SSSR count). The zero-order valence-electron chi connectivity index (χ0n) is 18.4. The van der Waals surface area contributed by atoms with Crippen molar-refractivity contribution in [1.29, 1.82) is 0 Å². The Kier molecular flexibility index (Phi) is 6.99. The zero-order valence-corrected chi connectivity index (χ0v) is 19.2. The lowest BCUT2D eigenvalue weighted by Crippen LogP contribution is -2.22. The number of fused-ring (bicyclic) bond motifs is 1. The molecule has 0 unspecified atom stereocenters. The molecule has 2 N–H and O–H groups in total. The molecule has 8 heteroatoms. The number of nitrogens with one attached hydrogen (secondary N) is 2. The van der Waals surface area contributed by atoms with Gasteiger partial charge in [0, 0.05) is 60.6 Å². The van der Waals surface area contributed by atoms with Gasteiger partial charge < -0.3 is 13.8 Å². The van der Waals surface area contributed by atoms with Crippen LogP contribution in [0.2, 0.25) is 0 Å². The molecule has 0 radical (unpaired) electrons. The van der Waals surface area contributed by atoms with Crippen LogP contribution in [0.3, 0.4) is 0 Å². The highest BCUT2D eigenvalue weighted by molar-refractivity contribution is 7.92. The van der Waals surface area contributed by atoms with Crippen molar-refractivity contribution in [2.24, 2.45) is 5.92 Å². The van der Waals surface area contributed by atoms with E-state index in [9.17, 15) is 0 Å². The fraction of sp³-hybridized carbons (Fsp3) is 0.478. The second-order valence-electron chi connectivity index (χ2n) is 8.60. The number of nitrogens with zero attached hydrogens (tertiary/aromatic N) is 3. The van der Waals surface area contributed by atoms with Crippen molar-refractivity contribution in [3.8, 4) is 17.0 Å². The SMILES string of the molecule is CCNSOC[C@@H]1CCN(c2ccnccc(-c3cccc4c3OCC4(C)C)[nH]n2)C1. The summed E-state index contributed by atoms with van der Waals surface area (Å²) >= 11 is 1.33. The van der Waals surface area contributed by atoms with Gasteiger partial charge in [-0.2, -0.15) is 5.10 Å². The van der Waals surface area contributed by atoms with Crippen LogP contribution in [-0.2, 0) is 9.60 Å². The standard InChI is InChI=1S/C23H31N5O2S/c1-4-25-31-30-15-17-10-13-28(14-17)21-9-12-24-11-8-20(26-27-21)18-6-5-7-19-22(18)29-16-23(19,2)3/h5-9,11-12,17,25-26H,4,10,13-16H2,1-3H3/t17-/m1/s1. The predicted octanol–water partition coefficient (Wildman–Crippen LogP) is 4.28. The number of para-hydroxylation sites is 1. The van der Waals surface area contributed by atoms with Crippen LogP contribution < -0.4 is 14.4 Å². The highest BCUT2D eigenvalue weighted by atomic mass is 32.2. The third kappa shape index (κ3) is 5.14. The normalized spacial score (nSPS) is 19.1. The summed E-state index contributed by atoms with van der Waals surface area (Å²) in [4.78, 5) is 6.67. The van der Waals surface area contributed by atoms with Crippen LogP contribution in [0, 0.1) is 5.92 Å². The Morgan fingerprint density at radius 2 is 2.16 bits per heavy atom. The molecule has 0 amide bonds. The quantitative estimate of drug-likeness (QED) is 0.377. The van der Waals surface area contributed by atoms with E-state index in [0.29, 0.717) is 12.5 Å². The average molecular weight is 442 g/mol. The van der Waals surface area contributed by atoms with Crippen molar-refractivity contribution in [2.45, 2.75) is 32.6 Å². The number of rotatable bonds is 7. The van der Waals surface area contributed by atoms with Crippen molar-refractivity contribution >= 4 is 18.0 Å². The molecule has 3 heterocycles. The molecule has 1 aromatic carbocycles. The second kappa shape index (κ2) is 9.89. The third-order valence-electron chi connectivity index (χ3n) is 5.72. The Bertz CT molecular complexity index is 947. The van der Waals surface area contributed by atoms with Crippen LogP contribution in [0.25, 0.3) is 11.3 Å². The molecule has 2 aromatic rings. The van der Waals surface area contributed by atoms with Gasteiger partial charge in [-0.1, -0.05) is 32.9 Å². The third-order valence-corrected chi connectivity index (χ3v) is 6.38. The average Bonchev–Trinajstić information content (AvgIpc) is 3.38. The Morgan fingerprint density at radius 1 is 1.29 bits per heavy atom. The van der Waals surface area contributed by atoms with Crippen LogP contribution >= 0.6 is 12.2 Å². The first-order chi connectivity index (χ1) is 15.1. The van der Waals surface area contributed by atoms with E-state index in [-0.39, 0.29) is 5.41 Å². The highest BCUT2D eigenvalue weighted by Crippen LogP contribution is 2.43. The maximum Gasteiger partial charge on any atom is 0.150 e. The number of anilines is 1. The molecule has 31 heavy (non-hydrogen) atoms. The van der Waals surface area contributed by atoms with E-state index in [0.717, 1.165) is 55.5 Å². The summed E-state index contributed by atoms with van der Waals surface area (Å²) in [7, 11) is 0. The summed E-state index contributed by atoms with van der Waals surface area (Å²) in [6.07, 6.45) is 4.66. The Hall–Kier alpha value is -2.29. The van der Waals surface area contributed by atoms with Crippen molar-refractivity contribution in [2.75, 3.05) is 37.7 Å². The molecule has 166 valence electrons. The molecule has 0 bridgehead atoms. The van der Waals surface area contributed by atoms with E-state index in [1.165, 1.54) is 17.8 Å². The highest BCUT2D eigenvalue weighted by Gasteiger charge is 2.33. The number of ether oxygens (including phenoxy) is 1.